The van der Waals surface area contributed by atoms with Crippen LogP contribution < -0.4 is 16.0 Å². The average Bonchev–Trinajstić information content (AvgIpc) is 3.64. The van der Waals surface area contributed by atoms with Crippen LogP contribution in [0.4, 0.5) is 23.8 Å². The normalized spacial score (nSPS) is 13.9. The molecule has 0 bridgehead atoms. The van der Waals surface area contributed by atoms with Crippen molar-refractivity contribution in [1.29, 1.82) is 0 Å². The minimum atomic E-state index is -4.81. The maximum Gasteiger partial charge on any atom is 0.434 e. The van der Waals surface area contributed by atoms with Crippen LogP contribution in [0.15, 0.2) is 35.1 Å². The monoisotopic (exact) mass is 645 g/mol. The van der Waals surface area contributed by atoms with Gasteiger partial charge in [0.15, 0.2) is 5.69 Å². The highest BCUT2D eigenvalue weighted by atomic mass is 32.1. The van der Waals surface area contributed by atoms with Crippen molar-refractivity contribution in [3.8, 4) is 33.2 Å². The van der Waals surface area contributed by atoms with Crippen LogP contribution in [0.25, 0.3) is 33.2 Å². The molecule has 3 N–H and O–H groups in total. The first-order valence-corrected chi connectivity index (χ1v) is 14.9. The number of thiazole rings is 1. The van der Waals surface area contributed by atoms with E-state index in [1.807, 2.05) is 0 Å². The first kappa shape index (κ1) is 31.9. The van der Waals surface area contributed by atoms with Gasteiger partial charge < -0.3 is 19.8 Å². The highest BCUT2D eigenvalue weighted by molar-refractivity contribution is 7.15. The fourth-order valence-electron chi connectivity index (χ4n) is 4.56. The van der Waals surface area contributed by atoms with Crippen LogP contribution in [0.2, 0.25) is 0 Å². The Morgan fingerprint density at radius 2 is 1.82 bits per heavy atom. The molecule has 1 fully saturated rings. The number of urea groups is 1. The van der Waals surface area contributed by atoms with Gasteiger partial charge >= 0.3 is 12.2 Å². The number of nitrogens with one attached hydrogen (secondary N) is 3. The molecule has 1 saturated heterocycles. The maximum absolute atomic E-state index is 14.2. The second kappa shape index (κ2) is 14.1. The van der Waals surface area contributed by atoms with Crippen LogP contribution >= 0.6 is 11.3 Å². The predicted molar refractivity (Wildman–Crippen MR) is 158 cm³/mol. The van der Waals surface area contributed by atoms with E-state index in [0.29, 0.717) is 48.9 Å². The number of pyridine rings is 2. The van der Waals surface area contributed by atoms with Gasteiger partial charge in [-0.25, -0.2) is 14.8 Å². The Morgan fingerprint density at radius 3 is 2.53 bits per heavy atom. The van der Waals surface area contributed by atoms with Crippen LogP contribution in [-0.2, 0) is 22.1 Å². The molecule has 17 heteroatoms. The molecule has 5 rings (SSSR count). The standard InChI is InChI=1S/C28H30F3N9O4S/c1-3-33-27(42)36-22-11-19(20(15-35-22)17-10-18(14-32-13-17)25-39-38-16(2)44-25)26-37-24(28(29,30)31)21(45-26)12-23(41)34-4-5-40-6-8-43-9-7-40/h10-11,13-15H,3-9,12H2,1-2H3,(H,34,41)(H2,33,35,36,42). The molecule has 0 saturated carbocycles. The fourth-order valence-corrected chi connectivity index (χ4v) is 5.67. The Balaban J connectivity index is 1.48. The molecule has 0 aliphatic carbocycles. The van der Waals surface area contributed by atoms with Gasteiger partial charge in [-0.3, -0.25) is 20.0 Å². The van der Waals surface area contributed by atoms with Crippen molar-refractivity contribution in [2.45, 2.75) is 26.4 Å². The quantitative estimate of drug-likeness (QED) is 0.232. The maximum atomic E-state index is 14.2. The number of alkyl halides is 3. The van der Waals surface area contributed by atoms with E-state index in [2.05, 4.69) is 46.0 Å². The molecule has 13 nitrogen and oxygen atoms in total. The molecule has 1 aliphatic heterocycles. The lowest BCUT2D eigenvalue weighted by Gasteiger charge is -2.26. The molecule has 4 aromatic rings. The van der Waals surface area contributed by atoms with Crippen LogP contribution in [0, 0.1) is 6.92 Å². The van der Waals surface area contributed by atoms with Gasteiger partial charge in [-0.1, -0.05) is 0 Å². The number of anilines is 1. The Hall–Kier alpha value is -4.48. The van der Waals surface area contributed by atoms with Gasteiger partial charge in [0.1, 0.15) is 10.8 Å². The molecule has 238 valence electrons. The smallest absolute Gasteiger partial charge is 0.421 e. The zero-order valence-electron chi connectivity index (χ0n) is 24.4. The summed E-state index contributed by atoms with van der Waals surface area (Å²) in [4.78, 5) is 39.3. The molecule has 1 aliphatic rings. The van der Waals surface area contributed by atoms with E-state index < -0.39 is 30.2 Å². The van der Waals surface area contributed by atoms with Crippen molar-refractivity contribution in [3.63, 3.8) is 0 Å². The minimum Gasteiger partial charge on any atom is -0.421 e. The molecular weight excluding hydrogens is 615 g/mol. The van der Waals surface area contributed by atoms with Crippen LogP contribution in [0.1, 0.15) is 23.4 Å². The molecule has 0 radical (unpaired) electrons. The number of hydrogen-bond acceptors (Lipinski definition) is 11. The van der Waals surface area contributed by atoms with Gasteiger partial charge in [-0.2, -0.15) is 13.2 Å². The van der Waals surface area contributed by atoms with Gasteiger partial charge in [-0.05, 0) is 19.1 Å². The third-order valence-electron chi connectivity index (χ3n) is 6.68. The first-order chi connectivity index (χ1) is 21.6. The summed E-state index contributed by atoms with van der Waals surface area (Å²) >= 11 is 0.744. The number of nitrogens with zero attached hydrogens (tertiary/aromatic N) is 6. The average molecular weight is 646 g/mol. The number of hydrogen-bond donors (Lipinski definition) is 3. The summed E-state index contributed by atoms with van der Waals surface area (Å²) in [5.41, 5.74) is 0.424. The molecule has 0 spiro atoms. The highest BCUT2D eigenvalue weighted by Gasteiger charge is 2.38. The molecule has 3 amide bonds. The van der Waals surface area contributed by atoms with Crippen molar-refractivity contribution >= 4 is 29.1 Å². The zero-order chi connectivity index (χ0) is 32.0. The van der Waals surface area contributed by atoms with E-state index in [1.54, 1.807) is 19.9 Å². The van der Waals surface area contributed by atoms with Gasteiger partial charge in [-0.15, -0.1) is 21.5 Å². The number of amides is 3. The summed E-state index contributed by atoms with van der Waals surface area (Å²) in [6, 6.07) is 2.57. The molecule has 0 unspecified atom stereocenters. The number of halogens is 3. The number of morpholine rings is 1. The largest absolute Gasteiger partial charge is 0.434 e. The number of rotatable bonds is 10. The first-order valence-electron chi connectivity index (χ1n) is 14.1. The van der Waals surface area contributed by atoms with Crippen molar-refractivity contribution < 1.29 is 31.9 Å². The summed E-state index contributed by atoms with van der Waals surface area (Å²) in [7, 11) is 0. The minimum absolute atomic E-state index is 0.0196. The van der Waals surface area contributed by atoms with Gasteiger partial charge in [0, 0.05) is 79.8 Å². The number of carbonyl (C=O) groups excluding carboxylic acids is 2. The lowest BCUT2D eigenvalue weighted by Crippen LogP contribution is -2.41. The van der Waals surface area contributed by atoms with E-state index in [4.69, 9.17) is 9.15 Å². The Bertz CT molecular complexity index is 1650. The third-order valence-corrected chi connectivity index (χ3v) is 7.77. The second-order valence-electron chi connectivity index (χ2n) is 9.96. The van der Waals surface area contributed by atoms with Crippen molar-refractivity contribution in [3.05, 3.63) is 47.2 Å². The van der Waals surface area contributed by atoms with Gasteiger partial charge in [0.2, 0.25) is 17.7 Å². The molecule has 5 heterocycles. The van der Waals surface area contributed by atoms with E-state index in [9.17, 15) is 22.8 Å². The summed E-state index contributed by atoms with van der Waals surface area (Å²) < 4.78 is 53.4. The number of aryl methyl sites for hydroxylation is 1. The predicted octanol–water partition coefficient (Wildman–Crippen LogP) is 3.78. The Labute approximate surface area is 259 Å². The lowest BCUT2D eigenvalue weighted by atomic mass is 10.0. The third kappa shape index (κ3) is 8.17. The summed E-state index contributed by atoms with van der Waals surface area (Å²) in [6.07, 6.45) is -0.900. The number of carbonyl (C=O) groups is 2. The van der Waals surface area contributed by atoms with Gasteiger partial charge in [0.25, 0.3) is 0 Å². The van der Waals surface area contributed by atoms with E-state index in [1.165, 1.54) is 24.7 Å². The Morgan fingerprint density at radius 1 is 1.04 bits per heavy atom. The summed E-state index contributed by atoms with van der Waals surface area (Å²) in [5, 5.41) is 15.7. The Kier molecular flexibility index (Phi) is 9.99. The van der Waals surface area contributed by atoms with Crippen LogP contribution in [-0.4, -0.2) is 87.9 Å². The van der Waals surface area contributed by atoms with Crippen molar-refractivity contribution in [2.24, 2.45) is 0 Å². The molecule has 0 aromatic carbocycles. The van der Waals surface area contributed by atoms with Gasteiger partial charge in [0.05, 0.1) is 25.2 Å². The molecule has 45 heavy (non-hydrogen) atoms. The summed E-state index contributed by atoms with van der Waals surface area (Å²) in [6.45, 7) is 7.23. The highest BCUT2D eigenvalue weighted by Crippen LogP contribution is 2.41. The fraction of sp³-hybridized carbons (Fsp3) is 0.393. The van der Waals surface area contributed by atoms with E-state index in [-0.39, 0.29) is 33.7 Å². The van der Waals surface area contributed by atoms with Crippen molar-refractivity contribution in [2.75, 3.05) is 51.3 Å². The molecule has 4 aromatic heterocycles. The lowest BCUT2D eigenvalue weighted by molar-refractivity contribution is -0.141. The van der Waals surface area contributed by atoms with E-state index >= 15 is 0 Å². The summed E-state index contributed by atoms with van der Waals surface area (Å²) in [5.74, 6) is 0.0897. The number of aromatic nitrogens is 5. The second-order valence-corrected chi connectivity index (χ2v) is 11.0. The molecule has 0 atom stereocenters. The zero-order valence-corrected chi connectivity index (χ0v) is 25.2. The number of ether oxygens (including phenoxy) is 1. The van der Waals surface area contributed by atoms with E-state index in [0.717, 1.165) is 24.4 Å². The van der Waals surface area contributed by atoms with Crippen LogP contribution in [0.3, 0.4) is 0 Å². The SMILES string of the molecule is CCNC(=O)Nc1cc(-c2nc(C(F)(F)F)c(CC(=O)NCCN3CCOCC3)s2)c(-c2cncc(-c3nnc(C)o3)c2)cn1. The van der Waals surface area contributed by atoms with Crippen LogP contribution in [0.5, 0.6) is 0 Å². The van der Waals surface area contributed by atoms with Crippen molar-refractivity contribution in [1.82, 2.24) is 40.7 Å². The topological polar surface area (TPSA) is 160 Å². The molecular formula is C28H30F3N9O4S.